The lowest BCUT2D eigenvalue weighted by molar-refractivity contribution is -0.134. The quantitative estimate of drug-likeness (QED) is 0.713. The Balaban J connectivity index is 1.56. The Hall–Kier alpha value is -1.66. The van der Waals surface area contributed by atoms with Gasteiger partial charge in [0.05, 0.1) is 0 Å². The van der Waals surface area contributed by atoms with Crippen LogP contribution in [0.4, 0.5) is 5.69 Å². The van der Waals surface area contributed by atoms with E-state index >= 15 is 0 Å². The summed E-state index contributed by atoms with van der Waals surface area (Å²) in [5, 5.41) is 4.09. The average Bonchev–Trinajstić information content (AvgIpc) is 2.73. The summed E-state index contributed by atoms with van der Waals surface area (Å²) >= 11 is 5.64. The monoisotopic (exact) mass is 402 g/mol. The van der Waals surface area contributed by atoms with E-state index in [1.807, 2.05) is 0 Å². The lowest BCUT2D eigenvalue weighted by Gasteiger charge is -2.48. The standard InChI is InChI=1S/C22H34N4OS/c1-2-3-7-18-8-10-19(11-9-18)24-21(28)25-16-12-22(13-17-25,20(23)27)26-14-5-4-6-15-26/h8-11H,2-7,12-17H2,1H3,(H2,23,27)(H,24,28). The van der Waals surface area contributed by atoms with E-state index in [9.17, 15) is 4.79 Å². The maximum absolute atomic E-state index is 12.4. The third-order valence-corrected chi connectivity index (χ3v) is 6.68. The van der Waals surface area contributed by atoms with Crippen LogP contribution in [0.1, 0.15) is 57.4 Å². The number of nitrogens with one attached hydrogen (secondary N) is 1. The van der Waals surface area contributed by atoms with Gasteiger partial charge >= 0.3 is 0 Å². The molecule has 3 N–H and O–H groups in total. The molecular formula is C22H34N4OS. The molecule has 0 spiro atoms. The van der Waals surface area contributed by atoms with Crippen molar-refractivity contribution >= 4 is 28.9 Å². The number of nitrogens with two attached hydrogens (primary N) is 1. The maximum atomic E-state index is 12.4. The van der Waals surface area contributed by atoms with Crippen LogP contribution in [0.15, 0.2) is 24.3 Å². The van der Waals surface area contributed by atoms with Gasteiger partial charge in [0.25, 0.3) is 0 Å². The Bertz CT molecular complexity index is 662. The van der Waals surface area contributed by atoms with Crippen molar-refractivity contribution < 1.29 is 4.79 Å². The summed E-state index contributed by atoms with van der Waals surface area (Å²) in [4.78, 5) is 16.9. The number of hydrogen-bond donors (Lipinski definition) is 2. The van der Waals surface area contributed by atoms with E-state index in [1.165, 1.54) is 24.8 Å². The van der Waals surface area contributed by atoms with Crippen molar-refractivity contribution in [1.29, 1.82) is 0 Å². The van der Waals surface area contributed by atoms with Gasteiger partial charge in [0.1, 0.15) is 5.54 Å². The van der Waals surface area contributed by atoms with Gasteiger partial charge in [-0.25, -0.2) is 0 Å². The van der Waals surface area contributed by atoms with Crippen LogP contribution in [0, 0.1) is 0 Å². The molecule has 1 aromatic carbocycles. The summed E-state index contributed by atoms with van der Waals surface area (Å²) in [5.41, 5.74) is 7.77. The molecule has 0 unspecified atom stereocenters. The second-order valence-corrected chi connectivity index (χ2v) is 8.55. The number of primary amides is 1. The normalized spacial score (nSPS) is 20.0. The molecule has 2 aliphatic rings. The van der Waals surface area contributed by atoms with Crippen molar-refractivity contribution in [3.63, 3.8) is 0 Å². The van der Waals surface area contributed by atoms with Gasteiger partial charge in [-0.15, -0.1) is 0 Å². The number of benzene rings is 1. The number of thiocarbonyl (C=S) groups is 1. The number of unbranched alkanes of at least 4 members (excludes halogenated alkanes) is 1. The molecule has 2 aliphatic heterocycles. The van der Waals surface area contributed by atoms with Crippen LogP contribution in [-0.4, -0.2) is 52.5 Å². The van der Waals surface area contributed by atoms with Gasteiger partial charge < -0.3 is 16.0 Å². The van der Waals surface area contributed by atoms with Crippen molar-refractivity contribution in [3.05, 3.63) is 29.8 Å². The fraction of sp³-hybridized carbons (Fsp3) is 0.636. The molecule has 5 nitrogen and oxygen atoms in total. The molecule has 6 heteroatoms. The fourth-order valence-corrected chi connectivity index (χ4v) is 4.76. The van der Waals surface area contributed by atoms with Gasteiger partial charge in [-0.1, -0.05) is 31.9 Å². The first-order valence-corrected chi connectivity index (χ1v) is 11.2. The molecule has 1 aromatic rings. The third-order valence-electron chi connectivity index (χ3n) is 6.32. The minimum Gasteiger partial charge on any atom is -0.368 e. The van der Waals surface area contributed by atoms with E-state index in [0.29, 0.717) is 0 Å². The number of rotatable bonds is 6. The molecule has 2 fully saturated rings. The number of anilines is 1. The minimum absolute atomic E-state index is 0.171. The number of likely N-dealkylation sites (tertiary alicyclic amines) is 2. The molecule has 0 saturated carbocycles. The molecule has 0 atom stereocenters. The molecule has 0 aliphatic carbocycles. The van der Waals surface area contributed by atoms with E-state index in [-0.39, 0.29) is 5.91 Å². The zero-order valence-electron chi connectivity index (χ0n) is 17.1. The average molecular weight is 403 g/mol. The molecule has 2 heterocycles. The van der Waals surface area contributed by atoms with E-state index in [4.69, 9.17) is 18.0 Å². The van der Waals surface area contributed by atoms with Crippen molar-refractivity contribution in [2.75, 3.05) is 31.5 Å². The molecule has 1 amide bonds. The van der Waals surface area contributed by atoms with E-state index in [2.05, 4.69) is 46.3 Å². The van der Waals surface area contributed by atoms with Crippen molar-refractivity contribution in [2.45, 2.75) is 63.8 Å². The highest BCUT2D eigenvalue weighted by molar-refractivity contribution is 7.80. The Labute approximate surface area is 174 Å². The molecule has 3 rings (SSSR count). The topological polar surface area (TPSA) is 61.6 Å². The van der Waals surface area contributed by atoms with Crippen molar-refractivity contribution in [2.24, 2.45) is 5.73 Å². The predicted molar refractivity (Wildman–Crippen MR) is 119 cm³/mol. The summed E-state index contributed by atoms with van der Waals surface area (Å²) in [5.74, 6) is -0.171. The maximum Gasteiger partial charge on any atom is 0.238 e. The zero-order chi connectivity index (χ0) is 20.0. The smallest absolute Gasteiger partial charge is 0.238 e. The molecule has 28 heavy (non-hydrogen) atoms. The Morgan fingerprint density at radius 2 is 1.75 bits per heavy atom. The van der Waals surface area contributed by atoms with Crippen LogP contribution in [0.3, 0.4) is 0 Å². The molecular weight excluding hydrogens is 368 g/mol. The first-order valence-electron chi connectivity index (χ1n) is 10.7. The minimum atomic E-state index is -0.493. The van der Waals surface area contributed by atoms with Crippen molar-refractivity contribution in [3.8, 4) is 0 Å². The van der Waals surface area contributed by atoms with Gasteiger partial charge in [0.15, 0.2) is 5.11 Å². The van der Waals surface area contributed by atoms with Crippen LogP contribution >= 0.6 is 12.2 Å². The molecule has 2 saturated heterocycles. The van der Waals surface area contributed by atoms with Gasteiger partial charge in [-0.3, -0.25) is 9.69 Å². The summed E-state index contributed by atoms with van der Waals surface area (Å²) < 4.78 is 0. The SMILES string of the molecule is CCCCc1ccc(NC(=S)N2CCC(C(N)=O)(N3CCCCC3)CC2)cc1. The first-order chi connectivity index (χ1) is 13.5. The Morgan fingerprint density at radius 1 is 1.11 bits per heavy atom. The van der Waals surface area contributed by atoms with E-state index in [1.54, 1.807) is 0 Å². The number of hydrogen-bond acceptors (Lipinski definition) is 3. The van der Waals surface area contributed by atoms with Crippen LogP contribution in [0.2, 0.25) is 0 Å². The Kier molecular flexibility index (Phi) is 7.30. The summed E-state index contributed by atoms with van der Waals surface area (Å²) in [6, 6.07) is 8.54. The van der Waals surface area contributed by atoms with E-state index < -0.39 is 5.54 Å². The molecule has 0 radical (unpaired) electrons. The predicted octanol–water partition coefficient (Wildman–Crippen LogP) is 3.53. The molecule has 154 valence electrons. The number of aryl methyl sites for hydroxylation is 1. The number of piperidine rings is 2. The molecule has 0 aromatic heterocycles. The second kappa shape index (κ2) is 9.70. The number of nitrogens with zero attached hydrogens (tertiary/aromatic N) is 2. The van der Waals surface area contributed by atoms with Gasteiger partial charge in [0.2, 0.25) is 5.91 Å². The number of carbonyl (C=O) groups is 1. The van der Waals surface area contributed by atoms with Crippen LogP contribution < -0.4 is 11.1 Å². The summed E-state index contributed by atoms with van der Waals surface area (Å²) in [7, 11) is 0. The highest BCUT2D eigenvalue weighted by Gasteiger charge is 2.45. The largest absolute Gasteiger partial charge is 0.368 e. The lowest BCUT2D eigenvalue weighted by Crippen LogP contribution is -2.64. The summed E-state index contributed by atoms with van der Waals surface area (Å²) in [6.45, 7) is 5.71. The van der Waals surface area contributed by atoms with Gasteiger partial charge in [-0.05, 0) is 81.5 Å². The number of carbonyl (C=O) groups excluding carboxylic acids is 1. The van der Waals surface area contributed by atoms with Gasteiger partial charge in [-0.2, -0.15) is 0 Å². The highest BCUT2D eigenvalue weighted by Crippen LogP contribution is 2.31. The molecule has 0 bridgehead atoms. The lowest BCUT2D eigenvalue weighted by atomic mass is 9.83. The third kappa shape index (κ3) is 4.84. The van der Waals surface area contributed by atoms with Crippen LogP contribution in [-0.2, 0) is 11.2 Å². The Morgan fingerprint density at radius 3 is 2.32 bits per heavy atom. The first kappa shape index (κ1) is 21.1. The zero-order valence-corrected chi connectivity index (χ0v) is 17.9. The summed E-state index contributed by atoms with van der Waals surface area (Å²) in [6.07, 6.45) is 8.63. The van der Waals surface area contributed by atoms with Crippen LogP contribution in [0.25, 0.3) is 0 Å². The van der Waals surface area contributed by atoms with Crippen molar-refractivity contribution in [1.82, 2.24) is 9.80 Å². The van der Waals surface area contributed by atoms with Crippen LogP contribution in [0.5, 0.6) is 0 Å². The van der Waals surface area contributed by atoms with Gasteiger partial charge in [0, 0.05) is 18.8 Å². The highest BCUT2D eigenvalue weighted by atomic mass is 32.1. The second-order valence-electron chi connectivity index (χ2n) is 8.16. The number of amides is 1. The fourth-order valence-electron chi connectivity index (χ4n) is 4.46. The van der Waals surface area contributed by atoms with E-state index in [0.717, 1.165) is 69.1 Å².